The van der Waals surface area contributed by atoms with E-state index in [0.29, 0.717) is 6.04 Å². The van der Waals surface area contributed by atoms with Gasteiger partial charge in [-0.2, -0.15) is 0 Å². The molecule has 7 heteroatoms. The molecule has 3 fully saturated rings. The Morgan fingerprint density at radius 3 is 2.52 bits per heavy atom. The zero-order chi connectivity index (χ0) is 16.9. The van der Waals surface area contributed by atoms with Crippen LogP contribution in [-0.4, -0.2) is 112 Å². The van der Waals surface area contributed by atoms with Gasteiger partial charge in [-0.3, -0.25) is 9.89 Å². The molecule has 25 heavy (non-hydrogen) atoms. The van der Waals surface area contributed by atoms with Gasteiger partial charge in [0.2, 0.25) is 0 Å². The molecule has 0 aromatic carbocycles. The minimum atomic E-state index is 0. The molecule has 1 N–H and O–H groups in total. The highest BCUT2D eigenvalue weighted by Crippen LogP contribution is 2.20. The lowest BCUT2D eigenvalue weighted by Gasteiger charge is -2.38. The minimum Gasteiger partial charge on any atom is -0.355 e. The maximum Gasteiger partial charge on any atom is 0.193 e. The number of nitrogens with one attached hydrogen (secondary N) is 1. The standard InChI is InChI=1S/C18H36N6.HI/c1-19-18(20-12-17-15-21(2)10-11-22(17)3)24-9-6-16(14-24)13-23-7-4-5-8-23;/h16-17H,4-15H2,1-3H3,(H,19,20);1H. The Morgan fingerprint density at radius 1 is 1.04 bits per heavy atom. The fourth-order valence-corrected chi connectivity index (χ4v) is 4.37. The van der Waals surface area contributed by atoms with Gasteiger partial charge in [-0.05, 0) is 52.4 Å². The summed E-state index contributed by atoms with van der Waals surface area (Å²) in [6, 6.07) is 0.573. The Hall–Kier alpha value is -0.120. The second kappa shape index (κ2) is 10.3. The zero-order valence-corrected chi connectivity index (χ0v) is 18.6. The first-order chi connectivity index (χ1) is 11.7. The van der Waals surface area contributed by atoms with Gasteiger partial charge in [-0.15, -0.1) is 24.0 Å². The van der Waals surface area contributed by atoms with Crippen LogP contribution in [0.5, 0.6) is 0 Å². The van der Waals surface area contributed by atoms with Crippen molar-refractivity contribution >= 4 is 29.9 Å². The summed E-state index contributed by atoms with van der Waals surface area (Å²) in [5.74, 6) is 1.91. The Morgan fingerprint density at radius 2 is 1.80 bits per heavy atom. The highest BCUT2D eigenvalue weighted by atomic mass is 127. The number of halogens is 1. The number of guanidine groups is 1. The summed E-state index contributed by atoms with van der Waals surface area (Å²) in [4.78, 5) is 14.6. The third kappa shape index (κ3) is 5.94. The van der Waals surface area contributed by atoms with Crippen molar-refractivity contribution < 1.29 is 0 Å². The number of nitrogens with zero attached hydrogens (tertiary/aromatic N) is 5. The topological polar surface area (TPSA) is 37.4 Å². The average molecular weight is 464 g/mol. The number of likely N-dealkylation sites (N-methyl/N-ethyl adjacent to an activating group) is 2. The van der Waals surface area contributed by atoms with Crippen LogP contribution in [0.3, 0.4) is 0 Å². The van der Waals surface area contributed by atoms with E-state index >= 15 is 0 Å². The number of likely N-dealkylation sites (tertiary alicyclic amines) is 2. The molecule has 0 amide bonds. The average Bonchev–Trinajstić information content (AvgIpc) is 3.24. The van der Waals surface area contributed by atoms with Crippen molar-refractivity contribution in [3.05, 3.63) is 0 Å². The van der Waals surface area contributed by atoms with E-state index in [-0.39, 0.29) is 24.0 Å². The highest BCUT2D eigenvalue weighted by molar-refractivity contribution is 14.0. The molecule has 3 aliphatic rings. The lowest BCUT2D eigenvalue weighted by molar-refractivity contribution is 0.116. The van der Waals surface area contributed by atoms with Gasteiger partial charge in [0.1, 0.15) is 0 Å². The van der Waals surface area contributed by atoms with E-state index in [1.807, 2.05) is 7.05 Å². The van der Waals surface area contributed by atoms with Crippen LogP contribution in [0.2, 0.25) is 0 Å². The Balaban J connectivity index is 0.00000225. The molecule has 6 nitrogen and oxygen atoms in total. The summed E-state index contributed by atoms with van der Waals surface area (Å²) in [6.07, 6.45) is 4.09. The van der Waals surface area contributed by atoms with E-state index in [1.54, 1.807) is 0 Å². The minimum absolute atomic E-state index is 0. The summed E-state index contributed by atoms with van der Waals surface area (Å²) in [5.41, 5.74) is 0. The van der Waals surface area contributed by atoms with Crippen LogP contribution >= 0.6 is 24.0 Å². The molecule has 3 aliphatic heterocycles. The molecular formula is C18H37IN6. The monoisotopic (exact) mass is 464 g/mol. The Labute approximate surface area is 171 Å². The number of hydrogen-bond acceptors (Lipinski definition) is 4. The number of aliphatic imine (C=N–C) groups is 1. The smallest absolute Gasteiger partial charge is 0.193 e. The van der Waals surface area contributed by atoms with Crippen LogP contribution in [0, 0.1) is 5.92 Å². The van der Waals surface area contributed by atoms with Crippen molar-refractivity contribution in [1.29, 1.82) is 0 Å². The van der Waals surface area contributed by atoms with Gasteiger partial charge in [-0.25, -0.2) is 0 Å². The molecule has 0 aromatic rings. The van der Waals surface area contributed by atoms with Gasteiger partial charge < -0.3 is 20.0 Å². The number of piperazine rings is 1. The van der Waals surface area contributed by atoms with Crippen LogP contribution in [0.15, 0.2) is 4.99 Å². The quantitative estimate of drug-likeness (QED) is 0.379. The highest BCUT2D eigenvalue weighted by Gasteiger charge is 2.28. The van der Waals surface area contributed by atoms with Crippen LogP contribution < -0.4 is 5.32 Å². The molecule has 0 saturated carbocycles. The molecule has 0 aromatic heterocycles. The van der Waals surface area contributed by atoms with Crippen LogP contribution in [0.25, 0.3) is 0 Å². The maximum atomic E-state index is 4.55. The van der Waals surface area contributed by atoms with Gasteiger partial charge >= 0.3 is 0 Å². The summed E-state index contributed by atoms with van der Waals surface area (Å²) in [5, 5.41) is 3.64. The normalized spacial score (nSPS) is 29.9. The van der Waals surface area contributed by atoms with Gasteiger partial charge in [0.15, 0.2) is 5.96 Å². The first-order valence-corrected chi connectivity index (χ1v) is 9.72. The van der Waals surface area contributed by atoms with E-state index in [1.165, 1.54) is 45.4 Å². The second-order valence-electron chi connectivity index (χ2n) is 7.93. The molecule has 0 spiro atoms. The fourth-order valence-electron chi connectivity index (χ4n) is 4.37. The molecule has 0 radical (unpaired) electrons. The van der Waals surface area contributed by atoms with Gasteiger partial charge in [0.25, 0.3) is 0 Å². The summed E-state index contributed by atoms with van der Waals surface area (Å²) in [6.45, 7) is 10.7. The molecule has 2 atom stereocenters. The predicted molar refractivity (Wildman–Crippen MR) is 116 cm³/mol. The summed E-state index contributed by atoms with van der Waals surface area (Å²) >= 11 is 0. The summed E-state index contributed by atoms with van der Waals surface area (Å²) < 4.78 is 0. The van der Waals surface area contributed by atoms with Gasteiger partial charge in [-0.1, -0.05) is 0 Å². The first kappa shape index (κ1) is 21.2. The summed E-state index contributed by atoms with van der Waals surface area (Å²) in [7, 11) is 6.38. The van der Waals surface area contributed by atoms with E-state index < -0.39 is 0 Å². The Kier molecular flexibility index (Phi) is 8.71. The third-order valence-corrected chi connectivity index (χ3v) is 5.99. The van der Waals surface area contributed by atoms with Crippen molar-refractivity contribution in [1.82, 2.24) is 24.9 Å². The zero-order valence-electron chi connectivity index (χ0n) is 16.3. The molecule has 146 valence electrons. The Bertz CT molecular complexity index is 426. The largest absolute Gasteiger partial charge is 0.355 e. The molecule has 3 heterocycles. The number of rotatable bonds is 4. The van der Waals surface area contributed by atoms with E-state index in [4.69, 9.17) is 0 Å². The number of hydrogen-bond donors (Lipinski definition) is 1. The lowest BCUT2D eigenvalue weighted by atomic mass is 10.1. The van der Waals surface area contributed by atoms with Gasteiger partial charge in [0.05, 0.1) is 0 Å². The lowest BCUT2D eigenvalue weighted by Crippen LogP contribution is -2.55. The molecule has 3 rings (SSSR count). The van der Waals surface area contributed by atoms with E-state index in [2.05, 4.69) is 44.0 Å². The van der Waals surface area contributed by atoms with Crippen molar-refractivity contribution in [2.24, 2.45) is 10.9 Å². The third-order valence-electron chi connectivity index (χ3n) is 5.99. The van der Waals surface area contributed by atoms with Crippen molar-refractivity contribution in [2.45, 2.75) is 25.3 Å². The molecule has 0 aliphatic carbocycles. The fraction of sp³-hybridized carbons (Fsp3) is 0.944. The molecule has 3 saturated heterocycles. The second-order valence-corrected chi connectivity index (χ2v) is 7.93. The van der Waals surface area contributed by atoms with Crippen molar-refractivity contribution in [3.8, 4) is 0 Å². The molecular weight excluding hydrogens is 427 g/mol. The van der Waals surface area contributed by atoms with E-state index in [9.17, 15) is 0 Å². The van der Waals surface area contributed by atoms with Crippen molar-refractivity contribution in [3.63, 3.8) is 0 Å². The maximum absolute atomic E-state index is 4.55. The van der Waals surface area contributed by atoms with Crippen LogP contribution in [0.4, 0.5) is 0 Å². The molecule has 2 unspecified atom stereocenters. The van der Waals surface area contributed by atoms with Crippen LogP contribution in [-0.2, 0) is 0 Å². The predicted octanol–water partition coefficient (Wildman–Crippen LogP) is 0.843. The van der Waals surface area contributed by atoms with E-state index in [0.717, 1.165) is 44.6 Å². The SMILES string of the molecule is CN=C(NCC1CN(C)CCN1C)N1CCC(CN2CCCC2)C1.I. The van der Waals surface area contributed by atoms with Crippen LogP contribution in [0.1, 0.15) is 19.3 Å². The molecule has 0 bridgehead atoms. The van der Waals surface area contributed by atoms with Gasteiger partial charge in [0, 0.05) is 58.9 Å². The first-order valence-electron chi connectivity index (χ1n) is 9.72. The van der Waals surface area contributed by atoms with Crippen molar-refractivity contribution in [2.75, 3.05) is 80.0 Å².